The Morgan fingerprint density at radius 2 is 1.95 bits per heavy atom. The Labute approximate surface area is 131 Å². The third kappa shape index (κ3) is 4.12. The Morgan fingerprint density at radius 1 is 1.25 bits per heavy atom. The van der Waals surface area contributed by atoms with Crippen molar-refractivity contribution >= 4 is 39.9 Å². The lowest BCUT2D eigenvalue weighted by Gasteiger charge is -2.10. The molecule has 0 aliphatic heterocycles. The number of hydrogen-bond donors (Lipinski definition) is 2. The fraction of sp³-hybridized carbons (Fsp3) is 0.133. The maximum Gasteiger partial charge on any atom is 0.262 e. The van der Waals surface area contributed by atoms with Crippen molar-refractivity contribution in [1.82, 2.24) is 0 Å². The average molecular weight is 382 g/mol. The number of anilines is 2. The van der Waals surface area contributed by atoms with E-state index in [0.29, 0.717) is 17.1 Å². The van der Waals surface area contributed by atoms with Gasteiger partial charge in [-0.15, -0.1) is 0 Å². The van der Waals surface area contributed by atoms with Crippen molar-refractivity contribution in [3.63, 3.8) is 0 Å². The van der Waals surface area contributed by atoms with Crippen LogP contribution in [0.2, 0.25) is 0 Å². The number of nitrogens with one attached hydrogen (secondary N) is 1. The van der Waals surface area contributed by atoms with E-state index in [1.165, 1.54) is 0 Å². The maximum absolute atomic E-state index is 11.8. The average Bonchev–Trinajstić information content (AvgIpc) is 2.42. The fourth-order valence-corrected chi connectivity index (χ4v) is 2.00. The molecule has 2 rings (SSSR count). The van der Waals surface area contributed by atoms with E-state index in [9.17, 15) is 4.79 Å². The minimum Gasteiger partial charge on any atom is -0.484 e. The molecule has 1 amide bonds. The summed E-state index contributed by atoms with van der Waals surface area (Å²) in [5.41, 5.74) is 7.98. The molecule has 0 atom stereocenters. The molecule has 2 aromatic carbocycles. The van der Waals surface area contributed by atoms with Crippen LogP contribution in [0.1, 0.15) is 5.56 Å². The molecule has 0 radical (unpaired) electrons. The Hall–Kier alpha value is -1.76. The van der Waals surface area contributed by atoms with E-state index < -0.39 is 0 Å². The first-order valence-electron chi connectivity index (χ1n) is 6.09. The summed E-state index contributed by atoms with van der Waals surface area (Å²) in [6, 6.07) is 12.9. The number of benzene rings is 2. The summed E-state index contributed by atoms with van der Waals surface area (Å²) in [5.74, 6) is 0.460. The smallest absolute Gasteiger partial charge is 0.262 e. The molecule has 0 aliphatic rings. The van der Waals surface area contributed by atoms with Gasteiger partial charge in [0.05, 0.1) is 0 Å². The van der Waals surface area contributed by atoms with Crippen LogP contribution in [0.3, 0.4) is 0 Å². The highest BCUT2D eigenvalue weighted by molar-refractivity contribution is 14.1. The normalized spacial score (nSPS) is 10.1. The van der Waals surface area contributed by atoms with Crippen LogP contribution in [-0.4, -0.2) is 12.5 Å². The van der Waals surface area contributed by atoms with Gasteiger partial charge in [-0.05, 0) is 71.5 Å². The summed E-state index contributed by atoms with van der Waals surface area (Å²) in [4.78, 5) is 11.8. The van der Waals surface area contributed by atoms with Crippen LogP contribution < -0.4 is 15.8 Å². The molecule has 0 spiro atoms. The minimum absolute atomic E-state index is 0.0329. The maximum atomic E-state index is 11.8. The Kier molecular flexibility index (Phi) is 4.84. The molecule has 0 saturated heterocycles. The number of aryl methyl sites for hydroxylation is 1. The van der Waals surface area contributed by atoms with E-state index in [-0.39, 0.29) is 12.5 Å². The van der Waals surface area contributed by atoms with Crippen LogP contribution >= 0.6 is 22.6 Å². The van der Waals surface area contributed by atoms with Crippen LogP contribution in [0.25, 0.3) is 0 Å². The standard InChI is InChI=1S/C15H15IN2O2/c1-10-2-5-12(17)8-14(10)18-15(19)9-20-13-6-3-11(16)4-7-13/h2-8H,9,17H2,1H3,(H,18,19). The summed E-state index contributed by atoms with van der Waals surface area (Å²) < 4.78 is 6.54. The van der Waals surface area contributed by atoms with E-state index in [1.807, 2.05) is 37.3 Å². The lowest BCUT2D eigenvalue weighted by molar-refractivity contribution is -0.118. The Bertz CT molecular complexity index is 612. The number of rotatable bonds is 4. The molecule has 0 aliphatic carbocycles. The molecule has 0 heterocycles. The Balaban J connectivity index is 1.92. The number of nitrogens with two attached hydrogens (primary N) is 1. The van der Waals surface area contributed by atoms with Crippen molar-refractivity contribution in [2.24, 2.45) is 0 Å². The molecular weight excluding hydrogens is 367 g/mol. The highest BCUT2D eigenvalue weighted by Crippen LogP contribution is 2.18. The first kappa shape index (κ1) is 14.6. The van der Waals surface area contributed by atoms with Crippen molar-refractivity contribution in [3.8, 4) is 5.75 Å². The molecule has 2 aromatic rings. The van der Waals surface area contributed by atoms with Crippen LogP contribution in [0.4, 0.5) is 11.4 Å². The van der Waals surface area contributed by atoms with Gasteiger partial charge in [0, 0.05) is 14.9 Å². The number of halogens is 1. The van der Waals surface area contributed by atoms with Crippen LogP contribution in [0.5, 0.6) is 5.75 Å². The van der Waals surface area contributed by atoms with Gasteiger partial charge >= 0.3 is 0 Å². The predicted octanol–water partition coefficient (Wildman–Crippen LogP) is 3.20. The molecule has 0 unspecified atom stereocenters. The lowest BCUT2D eigenvalue weighted by Crippen LogP contribution is -2.20. The van der Waals surface area contributed by atoms with Gasteiger partial charge in [-0.2, -0.15) is 0 Å². The second kappa shape index (κ2) is 6.60. The van der Waals surface area contributed by atoms with E-state index in [1.54, 1.807) is 12.1 Å². The van der Waals surface area contributed by atoms with E-state index in [0.717, 1.165) is 9.13 Å². The molecular formula is C15H15IN2O2. The molecule has 0 aromatic heterocycles. The fourth-order valence-electron chi connectivity index (χ4n) is 1.64. The van der Waals surface area contributed by atoms with Gasteiger partial charge < -0.3 is 15.8 Å². The van der Waals surface area contributed by atoms with Gasteiger partial charge in [0.15, 0.2) is 6.61 Å². The lowest BCUT2D eigenvalue weighted by atomic mass is 10.2. The zero-order valence-electron chi connectivity index (χ0n) is 11.0. The summed E-state index contributed by atoms with van der Waals surface area (Å²) in [5, 5.41) is 2.79. The summed E-state index contributed by atoms with van der Waals surface area (Å²) in [6.07, 6.45) is 0. The molecule has 5 heteroatoms. The van der Waals surface area contributed by atoms with Gasteiger partial charge in [0.25, 0.3) is 5.91 Å². The molecule has 4 nitrogen and oxygen atoms in total. The monoisotopic (exact) mass is 382 g/mol. The van der Waals surface area contributed by atoms with Crippen molar-refractivity contribution in [1.29, 1.82) is 0 Å². The first-order chi connectivity index (χ1) is 9.54. The molecule has 3 N–H and O–H groups in total. The Morgan fingerprint density at radius 3 is 2.65 bits per heavy atom. The topological polar surface area (TPSA) is 64.3 Å². The van der Waals surface area contributed by atoms with Crippen molar-refractivity contribution < 1.29 is 9.53 Å². The van der Waals surface area contributed by atoms with Gasteiger partial charge in [-0.1, -0.05) is 6.07 Å². The highest BCUT2D eigenvalue weighted by Gasteiger charge is 2.06. The molecule has 104 valence electrons. The second-order valence-corrected chi connectivity index (χ2v) is 5.61. The summed E-state index contributed by atoms with van der Waals surface area (Å²) in [7, 11) is 0. The van der Waals surface area contributed by atoms with Crippen LogP contribution in [-0.2, 0) is 4.79 Å². The zero-order chi connectivity index (χ0) is 14.5. The van der Waals surface area contributed by atoms with E-state index in [2.05, 4.69) is 27.9 Å². The number of carbonyl (C=O) groups excluding carboxylic acids is 1. The number of carbonyl (C=O) groups is 1. The summed E-state index contributed by atoms with van der Waals surface area (Å²) in [6.45, 7) is 1.88. The van der Waals surface area contributed by atoms with E-state index >= 15 is 0 Å². The SMILES string of the molecule is Cc1ccc(N)cc1NC(=O)COc1ccc(I)cc1. The van der Waals surface area contributed by atoms with Gasteiger partial charge in [-0.3, -0.25) is 4.79 Å². The van der Waals surface area contributed by atoms with E-state index in [4.69, 9.17) is 10.5 Å². The quantitative estimate of drug-likeness (QED) is 0.631. The minimum atomic E-state index is -0.211. The second-order valence-electron chi connectivity index (χ2n) is 4.37. The predicted molar refractivity (Wildman–Crippen MR) is 88.9 cm³/mol. The molecule has 0 bridgehead atoms. The van der Waals surface area contributed by atoms with Crippen molar-refractivity contribution in [2.75, 3.05) is 17.7 Å². The number of nitrogen functional groups attached to an aromatic ring is 1. The third-order valence-corrected chi connectivity index (χ3v) is 3.44. The first-order valence-corrected chi connectivity index (χ1v) is 7.17. The molecule has 0 fully saturated rings. The summed E-state index contributed by atoms with van der Waals surface area (Å²) >= 11 is 2.21. The van der Waals surface area contributed by atoms with Gasteiger partial charge in [-0.25, -0.2) is 0 Å². The highest BCUT2D eigenvalue weighted by atomic mass is 127. The van der Waals surface area contributed by atoms with Crippen molar-refractivity contribution in [3.05, 3.63) is 51.6 Å². The van der Waals surface area contributed by atoms with Crippen molar-refractivity contribution in [2.45, 2.75) is 6.92 Å². The van der Waals surface area contributed by atoms with Crippen LogP contribution in [0.15, 0.2) is 42.5 Å². The van der Waals surface area contributed by atoms with Crippen LogP contribution in [0, 0.1) is 10.5 Å². The zero-order valence-corrected chi connectivity index (χ0v) is 13.2. The molecule has 20 heavy (non-hydrogen) atoms. The number of hydrogen-bond acceptors (Lipinski definition) is 3. The largest absolute Gasteiger partial charge is 0.484 e. The third-order valence-electron chi connectivity index (χ3n) is 2.72. The van der Waals surface area contributed by atoms with Gasteiger partial charge in [0.2, 0.25) is 0 Å². The van der Waals surface area contributed by atoms with Gasteiger partial charge in [0.1, 0.15) is 5.75 Å². The number of amides is 1. The number of ether oxygens (including phenoxy) is 1. The molecule has 0 saturated carbocycles.